The molecule has 0 radical (unpaired) electrons. The molecule has 1 aromatic carbocycles. The number of carbonyl (C=O) groups is 1. The van der Waals surface area contributed by atoms with Crippen LogP contribution in [0.25, 0.3) is 0 Å². The van der Waals surface area contributed by atoms with E-state index in [1.54, 1.807) is 0 Å². The first kappa shape index (κ1) is 18.1. The highest BCUT2D eigenvalue weighted by molar-refractivity contribution is 5.84. The van der Waals surface area contributed by atoms with E-state index in [4.69, 9.17) is 5.11 Å². The van der Waals surface area contributed by atoms with Crippen molar-refractivity contribution in [2.45, 2.75) is 25.2 Å². The molecular weight excluding hydrogens is 349 g/mol. The van der Waals surface area contributed by atoms with Gasteiger partial charge in [0.2, 0.25) is 0 Å². The van der Waals surface area contributed by atoms with Gasteiger partial charge in [0, 0.05) is 25.7 Å². The summed E-state index contributed by atoms with van der Waals surface area (Å²) < 4.78 is 37.8. The van der Waals surface area contributed by atoms with Crippen LogP contribution >= 0.6 is 0 Å². The maximum Gasteiger partial charge on any atom is 0.416 e. The molecule has 1 saturated heterocycles. The number of nitrogens with one attached hydrogen (secondary N) is 1. The number of nitrogens with zero attached hydrogens (tertiary/aromatic N) is 3. The summed E-state index contributed by atoms with van der Waals surface area (Å²) in [5.41, 5.74) is 0.0563. The van der Waals surface area contributed by atoms with Gasteiger partial charge in [0.15, 0.2) is 5.69 Å². The summed E-state index contributed by atoms with van der Waals surface area (Å²) in [6, 6.07) is 5.32. The molecule has 0 saturated carbocycles. The zero-order chi connectivity index (χ0) is 18.7. The number of benzene rings is 1. The fourth-order valence-corrected chi connectivity index (χ4v) is 2.87. The van der Waals surface area contributed by atoms with E-state index in [0.29, 0.717) is 18.9 Å². The molecule has 1 fully saturated rings. The number of likely N-dealkylation sites (tertiary alicyclic amines) is 1. The van der Waals surface area contributed by atoms with Crippen molar-refractivity contribution < 1.29 is 23.1 Å². The van der Waals surface area contributed by atoms with Gasteiger partial charge >= 0.3 is 12.1 Å². The summed E-state index contributed by atoms with van der Waals surface area (Å²) in [5.74, 6) is -0.635. The number of carboxylic acids is 1. The van der Waals surface area contributed by atoms with Gasteiger partial charge in [-0.1, -0.05) is 12.1 Å². The van der Waals surface area contributed by atoms with E-state index in [1.165, 1.54) is 24.5 Å². The monoisotopic (exact) mass is 366 g/mol. The predicted octanol–water partition coefficient (Wildman–Crippen LogP) is 2.88. The zero-order valence-electron chi connectivity index (χ0n) is 13.7. The van der Waals surface area contributed by atoms with Crippen LogP contribution in [0.15, 0.2) is 36.7 Å². The number of halogens is 3. The molecule has 0 bridgehead atoms. The molecule has 1 atom stereocenters. The molecule has 0 aliphatic carbocycles. The standard InChI is InChI=1S/C17H17F3N4O2/c18-17(19,20)12-3-1-11(2-4-12)9-24-6-5-13(10-24)23-15-8-21-14(7-22-15)16(25)26/h1-4,7-8,13H,5-6,9-10H2,(H,22,23)(H,25,26). The van der Waals surface area contributed by atoms with Crippen LogP contribution in [0.1, 0.15) is 28.0 Å². The van der Waals surface area contributed by atoms with Crippen LogP contribution in [0.4, 0.5) is 19.0 Å². The van der Waals surface area contributed by atoms with Crippen molar-refractivity contribution in [1.82, 2.24) is 14.9 Å². The van der Waals surface area contributed by atoms with Gasteiger partial charge < -0.3 is 10.4 Å². The Morgan fingerprint density at radius 3 is 2.54 bits per heavy atom. The van der Waals surface area contributed by atoms with Gasteiger partial charge in [0.25, 0.3) is 0 Å². The Labute approximate surface area is 147 Å². The fraction of sp³-hybridized carbons (Fsp3) is 0.353. The zero-order valence-corrected chi connectivity index (χ0v) is 13.7. The van der Waals surface area contributed by atoms with E-state index >= 15 is 0 Å². The summed E-state index contributed by atoms with van der Waals surface area (Å²) in [6.07, 6.45) is -0.900. The van der Waals surface area contributed by atoms with Gasteiger partial charge in [-0.3, -0.25) is 4.90 Å². The fourth-order valence-electron chi connectivity index (χ4n) is 2.87. The lowest BCUT2D eigenvalue weighted by atomic mass is 10.1. The smallest absolute Gasteiger partial charge is 0.416 e. The molecule has 26 heavy (non-hydrogen) atoms. The van der Waals surface area contributed by atoms with Crippen LogP contribution < -0.4 is 5.32 Å². The first-order valence-electron chi connectivity index (χ1n) is 8.01. The number of carboxylic acid groups (broad SMARTS) is 1. The highest BCUT2D eigenvalue weighted by Crippen LogP contribution is 2.29. The molecule has 1 aromatic heterocycles. The maximum absolute atomic E-state index is 12.6. The highest BCUT2D eigenvalue weighted by Gasteiger charge is 2.30. The van der Waals surface area contributed by atoms with Crippen molar-refractivity contribution in [3.8, 4) is 0 Å². The van der Waals surface area contributed by atoms with Crippen LogP contribution in [0.5, 0.6) is 0 Å². The van der Waals surface area contributed by atoms with Gasteiger partial charge in [0.1, 0.15) is 5.82 Å². The quantitative estimate of drug-likeness (QED) is 0.847. The molecule has 6 nitrogen and oxygen atoms in total. The lowest BCUT2D eigenvalue weighted by Gasteiger charge is -2.17. The molecule has 1 aliphatic heterocycles. The third kappa shape index (κ3) is 4.48. The summed E-state index contributed by atoms with van der Waals surface area (Å²) >= 11 is 0. The molecule has 9 heteroatoms. The number of hydrogen-bond acceptors (Lipinski definition) is 5. The molecule has 2 heterocycles. The molecule has 0 amide bonds. The van der Waals surface area contributed by atoms with Crippen molar-refractivity contribution >= 4 is 11.8 Å². The van der Waals surface area contributed by atoms with E-state index in [0.717, 1.165) is 30.7 Å². The van der Waals surface area contributed by atoms with Crippen LogP contribution in [-0.4, -0.2) is 45.1 Å². The van der Waals surface area contributed by atoms with Crippen LogP contribution in [0.3, 0.4) is 0 Å². The molecule has 1 aliphatic rings. The van der Waals surface area contributed by atoms with Crippen molar-refractivity contribution in [3.63, 3.8) is 0 Å². The first-order chi connectivity index (χ1) is 12.3. The lowest BCUT2D eigenvalue weighted by molar-refractivity contribution is -0.137. The molecular formula is C17H17F3N4O2. The van der Waals surface area contributed by atoms with Crippen molar-refractivity contribution in [2.75, 3.05) is 18.4 Å². The van der Waals surface area contributed by atoms with E-state index < -0.39 is 17.7 Å². The number of anilines is 1. The Hall–Kier alpha value is -2.68. The van der Waals surface area contributed by atoms with E-state index in [-0.39, 0.29) is 11.7 Å². The average Bonchev–Trinajstić information content (AvgIpc) is 3.02. The Morgan fingerprint density at radius 2 is 1.96 bits per heavy atom. The summed E-state index contributed by atoms with van der Waals surface area (Å²) in [7, 11) is 0. The summed E-state index contributed by atoms with van der Waals surface area (Å²) in [4.78, 5) is 20.7. The highest BCUT2D eigenvalue weighted by atomic mass is 19.4. The number of aromatic carboxylic acids is 1. The molecule has 138 valence electrons. The van der Waals surface area contributed by atoms with E-state index in [2.05, 4.69) is 20.2 Å². The van der Waals surface area contributed by atoms with Gasteiger partial charge in [-0.25, -0.2) is 14.8 Å². The second-order valence-corrected chi connectivity index (χ2v) is 6.15. The second-order valence-electron chi connectivity index (χ2n) is 6.15. The maximum atomic E-state index is 12.6. The predicted molar refractivity (Wildman–Crippen MR) is 87.7 cm³/mol. The Balaban J connectivity index is 1.53. The van der Waals surface area contributed by atoms with Gasteiger partial charge in [-0.15, -0.1) is 0 Å². The number of alkyl halides is 3. The second kappa shape index (κ2) is 7.28. The lowest BCUT2D eigenvalue weighted by Crippen LogP contribution is -2.26. The molecule has 3 rings (SSSR count). The topological polar surface area (TPSA) is 78.3 Å². The van der Waals surface area contributed by atoms with E-state index in [9.17, 15) is 18.0 Å². The molecule has 0 spiro atoms. The van der Waals surface area contributed by atoms with Crippen LogP contribution in [0, 0.1) is 0 Å². The normalized spacial score (nSPS) is 18.0. The van der Waals surface area contributed by atoms with Gasteiger partial charge in [-0.05, 0) is 24.1 Å². The minimum absolute atomic E-state index is 0.120. The Morgan fingerprint density at radius 1 is 1.23 bits per heavy atom. The van der Waals surface area contributed by atoms with Crippen LogP contribution in [-0.2, 0) is 12.7 Å². The minimum Gasteiger partial charge on any atom is -0.476 e. The number of hydrogen-bond donors (Lipinski definition) is 2. The third-order valence-corrected chi connectivity index (χ3v) is 4.18. The largest absolute Gasteiger partial charge is 0.476 e. The average molecular weight is 366 g/mol. The minimum atomic E-state index is -4.32. The number of aromatic nitrogens is 2. The Bertz CT molecular complexity index is 763. The molecule has 2 aromatic rings. The summed E-state index contributed by atoms with van der Waals surface area (Å²) in [6.45, 7) is 2.09. The van der Waals surface area contributed by atoms with Crippen molar-refractivity contribution in [1.29, 1.82) is 0 Å². The third-order valence-electron chi connectivity index (χ3n) is 4.18. The van der Waals surface area contributed by atoms with E-state index in [1.807, 2.05) is 0 Å². The first-order valence-corrected chi connectivity index (χ1v) is 8.01. The summed E-state index contributed by atoms with van der Waals surface area (Å²) in [5, 5.41) is 12.0. The van der Waals surface area contributed by atoms with Crippen molar-refractivity contribution in [2.24, 2.45) is 0 Å². The van der Waals surface area contributed by atoms with Crippen molar-refractivity contribution in [3.05, 3.63) is 53.5 Å². The van der Waals surface area contributed by atoms with Gasteiger partial charge in [-0.2, -0.15) is 13.2 Å². The molecule has 2 N–H and O–H groups in total. The Kier molecular flexibility index (Phi) is 5.08. The van der Waals surface area contributed by atoms with Gasteiger partial charge in [0.05, 0.1) is 18.0 Å². The molecule has 1 unspecified atom stereocenters. The SMILES string of the molecule is O=C(O)c1cnc(NC2CCN(Cc3ccc(C(F)(F)F)cc3)C2)cn1. The van der Waals surface area contributed by atoms with Crippen LogP contribution in [0.2, 0.25) is 0 Å². The number of rotatable bonds is 5.